The SMILES string of the molecule is CNC(c1ccc(-c2ccc(C)c(Cl)c2)s1)C1CC1. The molecule has 1 aliphatic carbocycles. The first kappa shape index (κ1) is 13.2. The highest BCUT2D eigenvalue weighted by Gasteiger charge is 2.32. The van der Waals surface area contributed by atoms with Crippen LogP contribution in [0.3, 0.4) is 0 Å². The van der Waals surface area contributed by atoms with Crippen molar-refractivity contribution >= 4 is 22.9 Å². The van der Waals surface area contributed by atoms with E-state index in [4.69, 9.17) is 11.6 Å². The molecule has 1 aliphatic rings. The molecule has 1 heterocycles. The molecule has 0 saturated heterocycles. The van der Waals surface area contributed by atoms with E-state index >= 15 is 0 Å². The highest BCUT2D eigenvalue weighted by atomic mass is 35.5. The average molecular weight is 292 g/mol. The molecule has 0 spiro atoms. The molecular formula is C16H18ClNS. The lowest BCUT2D eigenvalue weighted by atomic mass is 10.1. The molecule has 2 aromatic rings. The molecule has 1 nitrogen and oxygen atoms in total. The number of aryl methyl sites for hydroxylation is 1. The molecule has 0 bridgehead atoms. The van der Waals surface area contributed by atoms with Gasteiger partial charge >= 0.3 is 0 Å². The second-order valence-corrected chi connectivity index (χ2v) is 6.79. The van der Waals surface area contributed by atoms with Gasteiger partial charge in [0, 0.05) is 20.8 Å². The van der Waals surface area contributed by atoms with Crippen LogP contribution in [0.2, 0.25) is 5.02 Å². The molecule has 3 rings (SSSR count). The molecule has 3 heteroatoms. The Morgan fingerprint density at radius 1 is 1.26 bits per heavy atom. The molecule has 1 unspecified atom stereocenters. The van der Waals surface area contributed by atoms with Crippen molar-refractivity contribution in [3.8, 4) is 10.4 Å². The summed E-state index contributed by atoms with van der Waals surface area (Å²) in [5, 5.41) is 4.30. The fourth-order valence-electron chi connectivity index (χ4n) is 2.46. The molecule has 1 N–H and O–H groups in total. The van der Waals surface area contributed by atoms with Crippen molar-refractivity contribution in [2.45, 2.75) is 25.8 Å². The lowest BCUT2D eigenvalue weighted by Gasteiger charge is -2.12. The zero-order valence-corrected chi connectivity index (χ0v) is 12.8. The van der Waals surface area contributed by atoms with E-state index in [0.29, 0.717) is 6.04 Å². The van der Waals surface area contributed by atoms with E-state index in [1.165, 1.54) is 28.2 Å². The van der Waals surface area contributed by atoms with Crippen LogP contribution >= 0.6 is 22.9 Å². The first-order valence-corrected chi connectivity index (χ1v) is 7.92. The van der Waals surface area contributed by atoms with Gasteiger partial charge < -0.3 is 5.32 Å². The maximum atomic E-state index is 6.21. The Labute approximate surface area is 123 Å². The van der Waals surface area contributed by atoms with Gasteiger partial charge in [-0.1, -0.05) is 23.7 Å². The van der Waals surface area contributed by atoms with Gasteiger partial charge in [0.05, 0.1) is 0 Å². The minimum Gasteiger partial charge on any atom is -0.312 e. The summed E-state index contributed by atoms with van der Waals surface area (Å²) in [5.74, 6) is 0.832. The highest BCUT2D eigenvalue weighted by Crippen LogP contribution is 2.44. The maximum Gasteiger partial charge on any atom is 0.0441 e. The number of hydrogen-bond acceptors (Lipinski definition) is 2. The number of thiophene rings is 1. The molecule has 19 heavy (non-hydrogen) atoms. The van der Waals surface area contributed by atoms with Crippen LogP contribution in [0.1, 0.15) is 29.3 Å². The van der Waals surface area contributed by atoms with E-state index in [1.807, 2.05) is 18.3 Å². The molecule has 1 fully saturated rings. The summed E-state index contributed by atoms with van der Waals surface area (Å²) in [5.41, 5.74) is 2.35. The van der Waals surface area contributed by atoms with Crippen molar-refractivity contribution in [1.82, 2.24) is 5.32 Å². The Kier molecular flexibility index (Phi) is 3.66. The zero-order valence-electron chi connectivity index (χ0n) is 11.2. The van der Waals surface area contributed by atoms with Gasteiger partial charge in [-0.3, -0.25) is 0 Å². The fraction of sp³-hybridized carbons (Fsp3) is 0.375. The molecular weight excluding hydrogens is 274 g/mol. The second kappa shape index (κ2) is 5.28. The van der Waals surface area contributed by atoms with Gasteiger partial charge in [0.1, 0.15) is 0 Å². The molecule has 0 aliphatic heterocycles. The quantitative estimate of drug-likeness (QED) is 0.831. The highest BCUT2D eigenvalue weighted by molar-refractivity contribution is 7.15. The van der Waals surface area contributed by atoms with Crippen LogP contribution in [-0.2, 0) is 0 Å². The van der Waals surface area contributed by atoms with Crippen LogP contribution in [0.5, 0.6) is 0 Å². The van der Waals surface area contributed by atoms with Crippen LogP contribution in [0, 0.1) is 12.8 Å². The number of rotatable bonds is 4. The number of benzene rings is 1. The van der Waals surface area contributed by atoms with Crippen molar-refractivity contribution in [2.75, 3.05) is 7.05 Å². The van der Waals surface area contributed by atoms with Crippen LogP contribution < -0.4 is 5.32 Å². The Bertz CT molecular complexity index is 586. The van der Waals surface area contributed by atoms with Gasteiger partial charge in [0.15, 0.2) is 0 Å². The van der Waals surface area contributed by atoms with Gasteiger partial charge in [-0.2, -0.15) is 0 Å². The Balaban J connectivity index is 1.89. The molecule has 1 aromatic carbocycles. The number of hydrogen-bond donors (Lipinski definition) is 1. The van der Waals surface area contributed by atoms with Crippen molar-refractivity contribution in [3.05, 3.63) is 45.8 Å². The minimum absolute atomic E-state index is 0.527. The van der Waals surface area contributed by atoms with Crippen LogP contribution in [0.15, 0.2) is 30.3 Å². The number of halogens is 1. The molecule has 0 amide bonds. The predicted octanol–water partition coefficient (Wildman–Crippen LogP) is 5.05. The van der Waals surface area contributed by atoms with Crippen molar-refractivity contribution in [3.63, 3.8) is 0 Å². The summed E-state index contributed by atoms with van der Waals surface area (Å²) in [6.45, 7) is 2.04. The first-order chi connectivity index (χ1) is 9.19. The molecule has 100 valence electrons. The fourth-order valence-corrected chi connectivity index (χ4v) is 3.85. The van der Waals surface area contributed by atoms with E-state index in [0.717, 1.165) is 16.5 Å². The normalized spacial score (nSPS) is 16.6. The Hall–Kier alpha value is -0.830. The lowest BCUT2D eigenvalue weighted by molar-refractivity contribution is 0.537. The smallest absolute Gasteiger partial charge is 0.0441 e. The zero-order chi connectivity index (χ0) is 13.4. The molecule has 0 radical (unpaired) electrons. The maximum absolute atomic E-state index is 6.21. The van der Waals surface area contributed by atoms with E-state index < -0.39 is 0 Å². The van der Waals surface area contributed by atoms with Gasteiger partial charge in [-0.15, -0.1) is 11.3 Å². The third-order valence-corrected chi connectivity index (χ3v) is 5.42. The summed E-state index contributed by atoms with van der Waals surface area (Å²) in [4.78, 5) is 2.74. The minimum atomic E-state index is 0.527. The summed E-state index contributed by atoms with van der Waals surface area (Å²) >= 11 is 8.09. The summed E-state index contributed by atoms with van der Waals surface area (Å²) in [7, 11) is 2.06. The standard InChI is InChI=1S/C16H18ClNS/c1-10-3-4-12(9-13(10)17)14-7-8-15(19-14)16(18-2)11-5-6-11/h3-4,7-9,11,16,18H,5-6H2,1-2H3. The van der Waals surface area contributed by atoms with Crippen LogP contribution in [0.4, 0.5) is 0 Å². The van der Waals surface area contributed by atoms with E-state index in [-0.39, 0.29) is 0 Å². The summed E-state index contributed by atoms with van der Waals surface area (Å²) in [6, 6.07) is 11.3. The van der Waals surface area contributed by atoms with Crippen LogP contribution in [0.25, 0.3) is 10.4 Å². The van der Waals surface area contributed by atoms with Crippen molar-refractivity contribution in [2.24, 2.45) is 5.92 Å². The average Bonchev–Trinajstić information content (AvgIpc) is 3.11. The molecule has 1 saturated carbocycles. The monoisotopic (exact) mass is 291 g/mol. The Morgan fingerprint density at radius 2 is 2.05 bits per heavy atom. The third kappa shape index (κ3) is 2.71. The molecule has 1 aromatic heterocycles. The molecule has 1 atom stereocenters. The Morgan fingerprint density at radius 3 is 2.68 bits per heavy atom. The summed E-state index contributed by atoms with van der Waals surface area (Å²) in [6.07, 6.45) is 2.71. The van der Waals surface area contributed by atoms with Gasteiger partial charge in [0.25, 0.3) is 0 Å². The van der Waals surface area contributed by atoms with Crippen LogP contribution in [-0.4, -0.2) is 7.05 Å². The predicted molar refractivity (Wildman–Crippen MR) is 84.0 cm³/mol. The summed E-state index contributed by atoms with van der Waals surface area (Å²) < 4.78 is 0. The first-order valence-electron chi connectivity index (χ1n) is 6.72. The lowest BCUT2D eigenvalue weighted by Crippen LogP contribution is -2.16. The van der Waals surface area contributed by atoms with Crippen molar-refractivity contribution < 1.29 is 0 Å². The third-order valence-electron chi connectivity index (χ3n) is 3.79. The second-order valence-electron chi connectivity index (χ2n) is 5.27. The largest absolute Gasteiger partial charge is 0.312 e. The number of nitrogens with one attached hydrogen (secondary N) is 1. The van der Waals surface area contributed by atoms with Gasteiger partial charge in [-0.25, -0.2) is 0 Å². The van der Waals surface area contributed by atoms with Crippen molar-refractivity contribution in [1.29, 1.82) is 0 Å². The van der Waals surface area contributed by atoms with E-state index in [1.54, 1.807) is 0 Å². The topological polar surface area (TPSA) is 12.0 Å². The van der Waals surface area contributed by atoms with Gasteiger partial charge in [-0.05, 0) is 62.1 Å². The van der Waals surface area contributed by atoms with Gasteiger partial charge in [0.2, 0.25) is 0 Å². The van der Waals surface area contributed by atoms with E-state index in [9.17, 15) is 0 Å². The van der Waals surface area contributed by atoms with E-state index in [2.05, 4.69) is 42.7 Å².